The minimum absolute atomic E-state index is 0.0406. The van der Waals surface area contributed by atoms with Gasteiger partial charge in [-0.25, -0.2) is 15.0 Å². The van der Waals surface area contributed by atoms with Crippen molar-refractivity contribution in [2.24, 2.45) is 5.92 Å². The quantitative estimate of drug-likeness (QED) is 0.303. The lowest BCUT2D eigenvalue weighted by molar-refractivity contribution is -0.146. The van der Waals surface area contributed by atoms with Crippen LogP contribution in [0.5, 0.6) is 11.6 Å². The lowest BCUT2D eigenvalue weighted by atomic mass is 9.86. The van der Waals surface area contributed by atoms with Crippen LogP contribution in [-0.4, -0.2) is 32.6 Å². The van der Waals surface area contributed by atoms with E-state index in [0.717, 1.165) is 64.5 Å². The van der Waals surface area contributed by atoms with E-state index in [-0.39, 0.29) is 17.9 Å². The molecule has 1 fully saturated rings. The Bertz CT molecular complexity index is 1590. The molecule has 37 heavy (non-hydrogen) atoms. The van der Waals surface area contributed by atoms with Gasteiger partial charge in [-0.1, -0.05) is 30.3 Å². The molecule has 0 amide bonds. The number of pyridine rings is 1. The summed E-state index contributed by atoms with van der Waals surface area (Å²) in [5.74, 6) is 1.54. The van der Waals surface area contributed by atoms with E-state index in [2.05, 4.69) is 32.9 Å². The Labute approximate surface area is 214 Å². The zero-order valence-electron chi connectivity index (χ0n) is 20.5. The fourth-order valence-corrected chi connectivity index (χ4v) is 5.29. The minimum Gasteiger partial charge on any atom is -0.469 e. The number of hydrogen-bond acceptors (Lipinski definition) is 7. The van der Waals surface area contributed by atoms with Crippen molar-refractivity contribution in [2.75, 3.05) is 12.8 Å². The zero-order chi connectivity index (χ0) is 25.4. The molecule has 1 aliphatic carbocycles. The summed E-state index contributed by atoms with van der Waals surface area (Å²) in [6, 6.07) is 19.9. The molecule has 1 saturated carbocycles. The Balaban J connectivity index is 1.37. The summed E-state index contributed by atoms with van der Waals surface area (Å²) in [5, 5.41) is 1.84. The first-order chi connectivity index (χ1) is 18.1. The van der Waals surface area contributed by atoms with E-state index in [1.54, 1.807) is 0 Å². The van der Waals surface area contributed by atoms with Crippen LogP contribution in [0.2, 0.25) is 0 Å². The Morgan fingerprint density at radius 3 is 2.57 bits per heavy atom. The Morgan fingerprint density at radius 1 is 1.00 bits per heavy atom. The smallest absolute Gasteiger partial charge is 0.308 e. The average Bonchev–Trinajstić information content (AvgIpc) is 3.34. The van der Waals surface area contributed by atoms with Crippen molar-refractivity contribution in [3.8, 4) is 22.8 Å². The van der Waals surface area contributed by atoms with E-state index in [1.165, 1.54) is 13.4 Å². The van der Waals surface area contributed by atoms with E-state index >= 15 is 0 Å². The molecule has 0 radical (unpaired) electrons. The molecule has 0 aliphatic heterocycles. The first kappa shape index (κ1) is 23.0. The Hall–Kier alpha value is -4.46. The fourth-order valence-electron chi connectivity index (χ4n) is 5.29. The van der Waals surface area contributed by atoms with Crippen LogP contribution in [0.15, 0.2) is 73.2 Å². The normalized spacial score (nSPS) is 17.6. The van der Waals surface area contributed by atoms with Crippen LogP contribution in [0.1, 0.15) is 31.7 Å². The van der Waals surface area contributed by atoms with Crippen LogP contribution in [0, 0.1) is 5.92 Å². The maximum Gasteiger partial charge on any atom is 0.308 e. The number of anilines is 1. The van der Waals surface area contributed by atoms with Crippen molar-refractivity contribution < 1.29 is 14.3 Å². The number of para-hydroxylation sites is 1. The summed E-state index contributed by atoms with van der Waals surface area (Å²) in [6.07, 6.45) is 6.93. The molecule has 5 aromatic rings. The SMILES string of the molecule is COC(=O)C1CCC(n2cc(-c3ccc4ccc(Oc5ccccc5)nc4c3)c3c(N)ncnc32)CC1. The number of carbonyl (C=O) groups is 1. The van der Waals surface area contributed by atoms with Crippen LogP contribution in [-0.2, 0) is 9.53 Å². The van der Waals surface area contributed by atoms with Crippen LogP contribution >= 0.6 is 0 Å². The molecular weight excluding hydrogens is 466 g/mol. The molecule has 186 valence electrons. The summed E-state index contributed by atoms with van der Waals surface area (Å²) in [7, 11) is 1.45. The highest BCUT2D eigenvalue weighted by molar-refractivity contribution is 6.02. The summed E-state index contributed by atoms with van der Waals surface area (Å²) in [4.78, 5) is 25.6. The van der Waals surface area contributed by atoms with Crippen LogP contribution in [0.4, 0.5) is 5.82 Å². The van der Waals surface area contributed by atoms with Crippen molar-refractivity contribution in [2.45, 2.75) is 31.7 Å². The average molecular weight is 494 g/mol. The number of methoxy groups -OCH3 is 1. The highest BCUT2D eigenvalue weighted by Gasteiger charge is 2.29. The first-order valence-corrected chi connectivity index (χ1v) is 12.4. The molecule has 8 nitrogen and oxygen atoms in total. The van der Waals surface area contributed by atoms with Gasteiger partial charge in [0.2, 0.25) is 5.88 Å². The van der Waals surface area contributed by atoms with Gasteiger partial charge in [-0.15, -0.1) is 0 Å². The largest absolute Gasteiger partial charge is 0.469 e. The molecule has 0 atom stereocenters. The van der Waals surface area contributed by atoms with Crippen LogP contribution in [0.3, 0.4) is 0 Å². The molecule has 2 N–H and O–H groups in total. The van der Waals surface area contributed by atoms with Crippen LogP contribution in [0.25, 0.3) is 33.1 Å². The second kappa shape index (κ2) is 9.54. The third-order valence-corrected chi connectivity index (χ3v) is 7.21. The number of esters is 1. The molecule has 6 rings (SSSR count). The van der Waals surface area contributed by atoms with Crippen molar-refractivity contribution in [3.05, 3.63) is 73.2 Å². The summed E-state index contributed by atoms with van der Waals surface area (Å²) >= 11 is 0. The number of carbonyl (C=O) groups excluding carboxylic acids is 1. The third-order valence-electron chi connectivity index (χ3n) is 7.21. The van der Waals surface area contributed by atoms with Gasteiger partial charge >= 0.3 is 5.97 Å². The van der Waals surface area contributed by atoms with E-state index in [4.69, 9.17) is 20.2 Å². The molecular formula is C29H27N5O3. The van der Waals surface area contributed by atoms with Crippen molar-refractivity contribution >= 4 is 33.7 Å². The van der Waals surface area contributed by atoms with Gasteiger partial charge in [0.15, 0.2) is 0 Å². The number of nitrogens with two attached hydrogens (primary N) is 1. The number of nitrogen functional groups attached to an aromatic ring is 1. The van der Waals surface area contributed by atoms with E-state index < -0.39 is 0 Å². The third kappa shape index (κ3) is 4.35. The molecule has 0 saturated heterocycles. The lowest BCUT2D eigenvalue weighted by Gasteiger charge is -2.28. The van der Waals surface area contributed by atoms with Gasteiger partial charge < -0.3 is 19.8 Å². The van der Waals surface area contributed by atoms with Gasteiger partial charge in [-0.2, -0.15) is 0 Å². The molecule has 3 heterocycles. The maximum atomic E-state index is 12.0. The molecule has 3 aromatic heterocycles. The van der Waals surface area contributed by atoms with Gasteiger partial charge in [0.05, 0.1) is 23.9 Å². The minimum atomic E-state index is -0.123. The highest BCUT2D eigenvalue weighted by Crippen LogP contribution is 2.40. The second-order valence-electron chi connectivity index (χ2n) is 9.41. The number of rotatable bonds is 5. The lowest BCUT2D eigenvalue weighted by Crippen LogP contribution is -2.24. The summed E-state index contributed by atoms with van der Waals surface area (Å²) in [5.41, 5.74) is 9.94. The predicted molar refractivity (Wildman–Crippen MR) is 142 cm³/mol. The Kier molecular flexibility index (Phi) is 5.92. The van der Waals surface area contributed by atoms with Gasteiger partial charge in [0.1, 0.15) is 23.5 Å². The predicted octanol–water partition coefficient (Wildman–Crippen LogP) is 5.93. The van der Waals surface area contributed by atoms with Gasteiger partial charge in [0, 0.05) is 29.3 Å². The van der Waals surface area contributed by atoms with Gasteiger partial charge in [-0.05, 0) is 55.5 Å². The van der Waals surface area contributed by atoms with E-state index in [0.29, 0.717) is 11.7 Å². The van der Waals surface area contributed by atoms with Crippen molar-refractivity contribution in [1.29, 1.82) is 0 Å². The van der Waals surface area contributed by atoms with Gasteiger partial charge in [-0.3, -0.25) is 4.79 Å². The van der Waals surface area contributed by atoms with E-state index in [9.17, 15) is 4.79 Å². The molecule has 0 spiro atoms. The van der Waals surface area contributed by atoms with E-state index in [1.807, 2.05) is 48.5 Å². The number of ether oxygens (including phenoxy) is 2. The number of aromatic nitrogens is 4. The summed E-state index contributed by atoms with van der Waals surface area (Å²) in [6.45, 7) is 0. The molecule has 0 bridgehead atoms. The molecule has 1 aliphatic rings. The topological polar surface area (TPSA) is 105 Å². The number of fused-ring (bicyclic) bond motifs is 2. The molecule has 8 heteroatoms. The number of nitrogens with zero attached hydrogens (tertiary/aromatic N) is 4. The summed E-state index contributed by atoms with van der Waals surface area (Å²) < 4.78 is 13.1. The first-order valence-electron chi connectivity index (χ1n) is 12.4. The highest BCUT2D eigenvalue weighted by atomic mass is 16.5. The maximum absolute atomic E-state index is 12.0. The van der Waals surface area contributed by atoms with Gasteiger partial charge in [0.25, 0.3) is 0 Å². The second-order valence-corrected chi connectivity index (χ2v) is 9.41. The van der Waals surface area contributed by atoms with Crippen molar-refractivity contribution in [3.63, 3.8) is 0 Å². The monoisotopic (exact) mass is 493 g/mol. The standard InChI is InChI=1S/C29H27N5O3/c1-36-29(35)19-9-12-21(13-10-19)34-16-23(26-27(30)31-17-32-28(26)34)20-8-7-18-11-14-25(33-24(18)15-20)37-22-5-3-2-4-6-22/h2-8,11,14-17,19,21H,9-10,12-13H2,1H3,(H2,30,31,32). The van der Waals surface area contributed by atoms with Crippen molar-refractivity contribution in [1.82, 2.24) is 19.5 Å². The fraction of sp³-hybridized carbons (Fsp3) is 0.241. The molecule has 0 unspecified atom stereocenters. The molecule has 2 aromatic carbocycles. The Morgan fingerprint density at radius 2 is 1.78 bits per heavy atom. The number of benzene rings is 2. The number of hydrogen-bond donors (Lipinski definition) is 1. The zero-order valence-corrected chi connectivity index (χ0v) is 20.5. The van der Waals surface area contributed by atoms with Crippen LogP contribution < -0.4 is 10.5 Å².